The lowest BCUT2D eigenvalue weighted by Crippen LogP contribution is -2.15. The fourth-order valence-electron chi connectivity index (χ4n) is 2.23. The molecule has 0 saturated carbocycles. The molecule has 3 rings (SSSR count). The molecular formula is C16H17N7O3S. The highest BCUT2D eigenvalue weighted by atomic mass is 32.2. The summed E-state index contributed by atoms with van der Waals surface area (Å²) in [5, 5.41) is 27.6. The van der Waals surface area contributed by atoms with Gasteiger partial charge >= 0.3 is 5.97 Å². The molecular weight excluding hydrogens is 370 g/mol. The second-order valence-electron chi connectivity index (χ2n) is 5.86. The molecule has 0 saturated heterocycles. The molecule has 3 aromatic rings. The van der Waals surface area contributed by atoms with Crippen LogP contribution in [0, 0.1) is 0 Å². The maximum absolute atomic E-state index is 12.2. The van der Waals surface area contributed by atoms with Gasteiger partial charge in [-0.3, -0.25) is 4.79 Å². The summed E-state index contributed by atoms with van der Waals surface area (Å²) in [6, 6.07) is 7.09. The number of carbonyl (C=O) groups is 2. The summed E-state index contributed by atoms with van der Waals surface area (Å²) < 4.78 is 3.22. The molecule has 2 aromatic heterocycles. The molecule has 0 aliphatic carbocycles. The van der Waals surface area contributed by atoms with E-state index < -0.39 is 5.97 Å². The average molecular weight is 387 g/mol. The normalized spacial score (nSPS) is 10.9. The van der Waals surface area contributed by atoms with Crippen LogP contribution in [0.4, 0.5) is 5.69 Å². The van der Waals surface area contributed by atoms with Crippen molar-refractivity contribution in [1.29, 1.82) is 0 Å². The molecule has 0 bridgehead atoms. The van der Waals surface area contributed by atoms with Crippen molar-refractivity contribution < 1.29 is 14.7 Å². The van der Waals surface area contributed by atoms with Crippen molar-refractivity contribution in [3.05, 3.63) is 42.5 Å². The van der Waals surface area contributed by atoms with Crippen molar-refractivity contribution in [2.24, 2.45) is 0 Å². The number of nitrogens with one attached hydrogen (secondary N) is 1. The SMILES string of the molecule is CC(C)n1cnnc1SCC(=O)Nc1cccc(-n2cc(C(=O)O)nn2)c1. The van der Waals surface area contributed by atoms with Crippen molar-refractivity contribution >= 4 is 29.3 Å². The van der Waals surface area contributed by atoms with E-state index in [2.05, 4.69) is 25.8 Å². The molecule has 27 heavy (non-hydrogen) atoms. The number of aromatic nitrogens is 6. The number of carbonyl (C=O) groups excluding carboxylic acids is 1. The molecule has 0 fully saturated rings. The van der Waals surface area contributed by atoms with E-state index in [-0.39, 0.29) is 23.4 Å². The van der Waals surface area contributed by atoms with E-state index in [0.29, 0.717) is 16.5 Å². The van der Waals surface area contributed by atoms with Gasteiger partial charge in [-0.1, -0.05) is 23.0 Å². The third kappa shape index (κ3) is 4.50. The van der Waals surface area contributed by atoms with E-state index >= 15 is 0 Å². The van der Waals surface area contributed by atoms with Crippen LogP contribution in [0.15, 0.2) is 41.9 Å². The molecule has 0 aliphatic heterocycles. The summed E-state index contributed by atoms with van der Waals surface area (Å²) >= 11 is 1.30. The quantitative estimate of drug-likeness (QED) is 0.588. The van der Waals surface area contributed by atoms with Crippen LogP contribution in [-0.2, 0) is 4.79 Å². The lowest BCUT2D eigenvalue weighted by atomic mass is 10.2. The smallest absolute Gasteiger partial charge is 0.358 e. The minimum absolute atomic E-state index is 0.157. The molecule has 10 nitrogen and oxygen atoms in total. The van der Waals surface area contributed by atoms with E-state index in [9.17, 15) is 9.59 Å². The third-order valence-electron chi connectivity index (χ3n) is 3.54. The predicted octanol–water partition coefficient (Wildman–Crippen LogP) is 1.87. The van der Waals surface area contributed by atoms with Crippen molar-refractivity contribution in [2.75, 3.05) is 11.1 Å². The first kappa shape index (κ1) is 18.6. The number of aromatic carboxylic acids is 1. The van der Waals surface area contributed by atoms with Crippen molar-refractivity contribution in [2.45, 2.75) is 25.0 Å². The number of anilines is 1. The Kier molecular flexibility index (Phi) is 5.50. The highest BCUT2D eigenvalue weighted by Gasteiger charge is 2.12. The maximum atomic E-state index is 12.2. The molecule has 0 radical (unpaired) electrons. The van der Waals surface area contributed by atoms with Gasteiger partial charge in [0.25, 0.3) is 0 Å². The maximum Gasteiger partial charge on any atom is 0.358 e. The van der Waals surface area contributed by atoms with Crippen LogP contribution in [0.1, 0.15) is 30.4 Å². The molecule has 0 atom stereocenters. The minimum atomic E-state index is -1.16. The highest BCUT2D eigenvalue weighted by Crippen LogP contribution is 2.20. The Balaban J connectivity index is 1.64. The van der Waals surface area contributed by atoms with Gasteiger partial charge in [0.2, 0.25) is 5.91 Å². The molecule has 1 aromatic carbocycles. The summed E-state index contributed by atoms with van der Waals surface area (Å²) in [6.45, 7) is 4.03. The largest absolute Gasteiger partial charge is 0.476 e. The van der Waals surface area contributed by atoms with Crippen LogP contribution < -0.4 is 5.32 Å². The second-order valence-corrected chi connectivity index (χ2v) is 6.80. The zero-order valence-corrected chi connectivity index (χ0v) is 15.4. The van der Waals surface area contributed by atoms with Crippen LogP contribution >= 0.6 is 11.8 Å². The van der Waals surface area contributed by atoms with Gasteiger partial charge in [0.15, 0.2) is 10.9 Å². The fourth-order valence-corrected chi connectivity index (χ4v) is 3.08. The lowest BCUT2D eigenvalue weighted by molar-refractivity contribution is -0.113. The Bertz CT molecular complexity index is 966. The zero-order chi connectivity index (χ0) is 19.4. The molecule has 1 amide bonds. The number of nitrogens with zero attached hydrogens (tertiary/aromatic N) is 6. The summed E-state index contributed by atoms with van der Waals surface area (Å²) in [4.78, 5) is 23.1. The van der Waals surface area contributed by atoms with Crippen LogP contribution in [0.3, 0.4) is 0 Å². The highest BCUT2D eigenvalue weighted by molar-refractivity contribution is 7.99. The summed E-state index contributed by atoms with van der Waals surface area (Å²) in [5.74, 6) is -1.17. The van der Waals surface area contributed by atoms with E-state index in [4.69, 9.17) is 5.11 Å². The number of benzene rings is 1. The topological polar surface area (TPSA) is 128 Å². The van der Waals surface area contributed by atoms with Gasteiger partial charge in [-0.2, -0.15) is 0 Å². The van der Waals surface area contributed by atoms with Gasteiger partial charge in [0.05, 0.1) is 17.6 Å². The van der Waals surface area contributed by atoms with Gasteiger partial charge in [-0.05, 0) is 32.0 Å². The monoisotopic (exact) mass is 387 g/mol. The van der Waals surface area contributed by atoms with Gasteiger partial charge in [-0.25, -0.2) is 9.48 Å². The number of hydrogen-bond acceptors (Lipinski definition) is 7. The average Bonchev–Trinajstić information content (AvgIpc) is 3.30. The number of carboxylic acids is 1. The Morgan fingerprint density at radius 1 is 1.30 bits per heavy atom. The molecule has 0 aliphatic rings. The molecule has 2 N–H and O–H groups in total. The van der Waals surface area contributed by atoms with Crippen LogP contribution in [0.5, 0.6) is 0 Å². The summed E-state index contributed by atoms with van der Waals surface area (Å²) in [5.41, 5.74) is 0.992. The number of hydrogen-bond donors (Lipinski definition) is 2. The van der Waals surface area contributed by atoms with E-state index in [1.54, 1.807) is 30.6 Å². The molecule has 140 valence electrons. The minimum Gasteiger partial charge on any atom is -0.476 e. The fraction of sp³-hybridized carbons (Fsp3) is 0.250. The van der Waals surface area contributed by atoms with Crippen molar-refractivity contribution in [1.82, 2.24) is 29.8 Å². The first-order valence-corrected chi connectivity index (χ1v) is 9.01. The zero-order valence-electron chi connectivity index (χ0n) is 14.6. The number of carboxylic acid groups (broad SMARTS) is 1. The standard InChI is InChI=1S/C16H17N7O3S/c1-10(2)22-9-17-20-16(22)27-8-14(24)18-11-4-3-5-12(6-11)23-7-13(15(25)26)19-21-23/h3-7,9-10H,8H2,1-2H3,(H,18,24)(H,25,26). The van der Waals surface area contributed by atoms with Gasteiger partial charge in [0, 0.05) is 11.7 Å². The molecule has 0 unspecified atom stereocenters. The van der Waals surface area contributed by atoms with Crippen LogP contribution in [0.2, 0.25) is 0 Å². The van der Waals surface area contributed by atoms with Gasteiger partial charge < -0.3 is 15.0 Å². The Labute approximate surface area is 158 Å². The number of thioether (sulfide) groups is 1. The van der Waals surface area contributed by atoms with Crippen LogP contribution in [0.25, 0.3) is 5.69 Å². The second kappa shape index (κ2) is 7.99. The Hall–Kier alpha value is -3.21. The molecule has 11 heteroatoms. The first-order chi connectivity index (χ1) is 12.9. The Morgan fingerprint density at radius 2 is 2.11 bits per heavy atom. The Morgan fingerprint density at radius 3 is 2.81 bits per heavy atom. The van der Waals surface area contributed by atoms with E-state index in [0.717, 1.165) is 0 Å². The van der Waals surface area contributed by atoms with E-state index in [1.165, 1.54) is 22.6 Å². The molecule has 0 spiro atoms. The lowest BCUT2D eigenvalue weighted by Gasteiger charge is -2.10. The van der Waals surface area contributed by atoms with Gasteiger partial charge in [0.1, 0.15) is 6.33 Å². The van der Waals surface area contributed by atoms with Crippen molar-refractivity contribution in [3.8, 4) is 5.69 Å². The summed E-state index contributed by atoms with van der Waals surface area (Å²) in [6.07, 6.45) is 2.94. The predicted molar refractivity (Wildman–Crippen MR) is 98.1 cm³/mol. The first-order valence-electron chi connectivity index (χ1n) is 8.02. The summed E-state index contributed by atoms with van der Waals surface area (Å²) in [7, 11) is 0. The molecule has 2 heterocycles. The van der Waals surface area contributed by atoms with E-state index in [1.807, 2.05) is 18.4 Å². The van der Waals surface area contributed by atoms with Gasteiger partial charge in [-0.15, -0.1) is 15.3 Å². The van der Waals surface area contributed by atoms with Crippen LogP contribution in [-0.4, -0.2) is 52.5 Å². The van der Waals surface area contributed by atoms with Crippen molar-refractivity contribution in [3.63, 3.8) is 0 Å². The number of rotatable bonds is 7. The number of amides is 1. The third-order valence-corrected chi connectivity index (χ3v) is 4.49.